The van der Waals surface area contributed by atoms with Gasteiger partial charge in [-0.1, -0.05) is 36.2 Å². The summed E-state index contributed by atoms with van der Waals surface area (Å²) in [7, 11) is -0.257. The van der Waals surface area contributed by atoms with Crippen molar-refractivity contribution in [1.29, 1.82) is 0 Å². The molecule has 0 aliphatic carbocycles. The maximum absolute atomic E-state index is 6.13. The van der Waals surface area contributed by atoms with E-state index in [0.29, 0.717) is 5.92 Å². The Kier molecular flexibility index (Phi) is 4.85. The molecule has 0 saturated carbocycles. The average Bonchev–Trinajstić information content (AvgIpc) is 2.76. The highest BCUT2D eigenvalue weighted by Crippen LogP contribution is 2.36. The van der Waals surface area contributed by atoms with Gasteiger partial charge in [-0.25, -0.2) is 0 Å². The number of hydrogen-bond donors (Lipinski definition) is 0. The monoisotopic (exact) mass is 333 g/mol. The van der Waals surface area contributed by atoms with Crippen molar-refractivity contribution in [3.63, 3.8) is 0 Å². The van der Waals surface area contributed by atoms with E-state index < -0.39 is 0 Å². The molecule has 2 saturated heterocycles. The Morgan fingerprint density at radius 3 is 2.00 bits per heavy atom. The molecule has 0 atom stereocenters. The molecular formula is C18H28BNO2S. The number of nitrogens with zero attached hydrogens (tertiary/aromatic N) is 1. The largest absolute Gasteiger partial charge is 0.494 e. The van der Waals surface area contributed by atoms with Crippen LogP contribution in [-0.4, -0.2) is 42.0 Å². The zero-order valence-electron chi connectivity index (χ0n) is 15.0. The highest BCUT2D eigenvalue weighted by atomic mass is 32.2. The zero-order valence-corrected chi connectivity index (χ0v) is 15.8. The van der Waals surface area contributed by atoms with Crippen LogP contribution in [0, 0.1) is 0 Å². The van der Waals surface area contributed by atoms with Crippen LogP contribution < -0.4 is 5.46 Å². The van der Waals surface area contributed by atoms with Crippen LogP contribution in [0.5, 0.6) is 0 Å². The van der Waals surface area contributed by atoms with Gasteiger partial charge in [-0.15, -0.1) is 0 Å². The minimum atomic E-state index is -0.277. The standard InChI is InChI=1S/C18H28BNO2S/c1-17(2)18(3,4)22-19(21-17)16-8-6-14(7-9-16)15-10-12-20(23-5)13-11-15/h6-9,15H,10-13H2,1-5H3. The predicted octanol–water partition coefficient (Wildman–Crippen LogP) is 3.44. The van der Waals surface area contributed by atoms with E-state index in [9.17, 15) is 0 Å². The van der Waals surface area contributed by atoms with Gasteiger partial charge in [-0.05, 0) is 63.7 Å². The van der Waals surface area contributed by atoms with Crippen LogP contribution in [0.25, 0.3) is 0 Å². The van der Waals surface area contributed by atoms with Gasteiger partial charge >= 0.3 is 7.12 Å². The smallest absolute Gasteiger partial charge is 0.399 e. The first-order valence-corrected chi connectivity index (χ1v) is 9.75. The lowest BCUT2D eigenvalue weighted by Crippen LogP contribution is -2.41. The molecule has 5 heteroatoms. The van der Waals surface area contributed by atoms with E-state index in [-0.39, 0.29) is 18.3 Å². The quantitative estimate of drug-likeness (QED) is 0.624. The number of benzene rings is 1. The first-order valence-electron chi connectivity index (χ1n) is 8.57. The van der Waals surface area contributed by atoms with E-state index in [1.165, 1.54) is 31.5 Å². The summed E-state index contributed by atoms with van der Waals surface area (Å²) in [6.07, 6.45) is 4.66. The maximum Gasteiger partial charge on any atom is 0.494 e. The first kappa shape index (κ1) is 17.3. The Labute approximate surface area is 145 Å². The van der Waals surface area contributed by atoms with Gasteiger partial charge in [0.25, 0.3) is 0 Å². The molecule has 0 aromatic heterocycles. The van der Waals surface area contributed by atoms with Gasteiger partial charge in [0.05, 0.1) is 11.2 Å². The molecule has 3 nitrogen and oxygen atoms in total. The van der Waals surface area contributed by atoms with Gasteiger partial charge in [0.1, 0.15) is 0 Å². The maximum atomic E-state index is 6.13. The number of piperidine rings is 1. The molecule has 0 spiro atoms. The highest BCUT2D eigenvalue weighted by molar-refractivity contribution is 7.96. The fraction of sp³-hybridized carbons (Fsp3) is 0.667. The molecule has 3 rings (SSSR count). The minimum absolute atomic E-state index is 0.257. The third kappa shape index (κ3) is 3.48. The molecule has 1 aromatic rings. The average molecular weight is 333 g/mol. The lowest BCUT2D eigenvalue weighted by atomic mass is 9.77. The summed E-state index contributed by atoms with van der Waals surface area (Å²) in [5, 5.41) is 0. The van der Waals surface area contributed by atoms with Crippen molar-refractivity contribution < 1.29 is 9.31 Å². The second kappa shape index (κ2) is 6.43. The van der Waals surface area contributed by atoms with Gasteiger partial charge in [0.15, 0.2) is 0 Å². The molecule has 2 fully saturated rings. The second-order valence-corrected chi connectivity index (χ2v) is 8.52. The molecule has 2 aliphatic rings. The Morgan fingerprint density at radius 1 is 1.00 bits per heavy atom. The zero-order chi connectivity index (χ0) is 16.7. The summed E-state index contributed by atoms with van der Waals surface area (Å²) >= 11 is 1.86. The second-order valence-electron chi connectivity index (χ2n) is 7.64. The van der Waals surface area contributed by atoms with E-state index in [2.05, 4.69) is 62.5 Å². The molecule has 2 heterocycles. The normalized spacial score (nSPS) is 25.0. The van der Waals surface area contributed by atoms with Crippen LogP contribution in [0.3, 0.4) is 0 Å². The molecule has 2 aliphatic heterocycles. The summed E-state index contributed by atoms with van der Waals surface area (Å²) in [6.45, 7) is 10.8. The topological polar surface area (TPSA) is 21.7 Å². The van der Waals surface area contributed by atoms with Gasteiger partial charge in [0.2, 0.25) is 0 Å². The Balaban J connectivity index is 1.67. The molecule has 0 radical (unpaired) electrons. The highest BCUT2D eigenvalue weighted by Gasteiger charge is 2.51. The molecule has 0 unspecified atom stereocenters. The minimum Gasteiger partial charge on any atom is -0.399 e. The molecule has 23 heavy (non-hydrogen) atoms. The Hall–Kier alpha value is -0.485. The third-order valence-corrected chi connectivity index (χ3v) is 6.53. The summed E-state index contributed by atoms with van der Waals surface area (Å²) in [4.78, 5) is 0. The molecule has 0 amide bonds. The van der Waals surface area contributed by atoms with Crippen LogP contribution >= 0.6 is 11.9 Å². The van der Waals surface area contributed by atoms with Crippen LogP contribution in [0.15, 0.2) is 24.3 Å². The molecule has 1 aromatic carbocycles. The fourth-order valence-electron chi connectivity index (χ4n) is 3.28. The summed E-state index contributed by atoms with van der Waals surface area (Å²) in [5.74, 6) is 0.686. The van der Waals surface area contributed by atoms with Crippen molar-refractivity contribution in [3.05, 3.63) is 29.8 Å². The summed E-state index contributed by atoms with van der Waals surface area (Å²) in [5.41, 5.74) is 2.02. The first-order chi connectivity index (χ1) is 10.8. The van der Waals surface area contributed by atoms with Crippen LogP contribution in [-0.2, 0) is 9.31 Å². The molecule has 126 valence electrons. The van der Waals surface area contributed by atoms with Crippen molar-refractivity contribution in [2.75, 3.05) is 19.3 Å². The molecular weight excluding hydrogens is 305 g/mol. The summed E-state index contributed by atoms with van der Waals surface area (Å²) < 4.78 is 14.7. The van der Waals surface area contributed by atoms with Crippen molar-refractivity contribution >= 4 is 24.5 Å². The van der Waals surface area contributed by atoms with Crippen molar-refractivity contribution in [1.82, 2.24) is 4.31 Å². The van der Waals surface area contributed by atoms with E-state index >= 15 is 0 Å². The van der Waals surface area contributed by atoms with Gasteiger partial charge in [-0.3, -0.25) is 4.31 Å². The van der Waals surface area contributed by atoms with Gasteiger partial charge in [-0.2, -0.15) is 0 Å². The SMILES string of the molecule is CSN1CCC(c2ccc(B3OC(C)(C)C(C)(C)O3)cc2)CC1. The fourth-order valence-corrected chi connectivity index (χ4v) is 3.85. The van der Waals surface area contributed by atoms with Crippen LogP contribution in [0.2, 0.25) is 0 Å². The Bertz CT molecular complexity index is 522. The van der Waals surface area contributed by atoms with E-state index in [1.54, 1.807) is 0 Å². The number of rotatable bonds is 3. The van der Waals surface area contributed by atoms with E-state index in [1.807, 2.05) is 11.9 Å². The lowest BCUT2D eigenvalue weighted by Gasteiger charge is -2.32. The van der Waals surface area contributed by atoms with Crippen molar-refractivity contribution in [2.45, 2.75) is 57.7 Å². The Morgan fingerprint density at radius 2 is 1.52 bits per heavy atom. The lowest BCUT2D eigenvalue weighted by molar-refractivity contribution is 0.00578. The van der Waals surface area contributed by atoms with Crippen molar-refractivity contribution in [2.24, 2.45) is 0 Å². The molecule has 0 N–H and O–H groups in total. The van der Waals surface area contributed by atoms with Gasteiger partial charge in [0, 0.05) is 13.1 Å². The predicted molar refractivity (Wildman–Crippen MR) is 99.2 cm³/mol. The van der Waals surface area contributed by atoms with Crippen molar-refractivity contribution in [3.8, 4) is 0 Å². The van der Waals surface area contributed by atoms with E-state index in [0.717, 1.165) is 5.46 Å². The van der Waals surface area contributed by atoms with E-state index in [4.69, 9.17) is 9.31 Å². The third-order valence-electron chi connectivity index (χ3n) is 5.65. The summed E-state index contributed by atoms with van der Waals surface area (Å²) in [6, 6.07) is 8.89. The van der Waals surface area contributed by atoms with Crippen LogP contribution in [0.1, 0.15) is 52.0 Å². The van der Waals surface area contributed by atoms with Crippen LogP contribution in [0.4, 0.5) is 0 Å². The number of hydrogen-bond acceptors (Lipinski definition) is 4. The molecule has 0 bridgehead atoms. The van der Waals surface area contributed by atoms with Gasteiger partial charge < -0.3 is 9.31 Å².